The molecule has 1 rings (SSSR count). The van der Waals surface area contributed by atoms with Crippen molar-refractivity contribution in [3.8, 4) is 0 Å². The van der Waals surface area contributed by atoms with Crippen LogP contribution < -0.4 is 11.1 Å². The van der Waals surface area contributed by atoms with Crippen LogP contribution in [-0.4, -0.2) is 50.0 Å². The molecule has 0 bridgehead atoms. The third-order valence-electron chi connectivity index (χ3n) is 4.41. The van der Waals surface area contributed by atoms with E-state index in [4.69, 9.17) is 5.73 Å². The summed E-state index contributed by atoms with van der Waals surface area (Å²) in [7, 11) is 0. The first-order valence-corrected chi connectivity index (χ1v) is 9.57. The highest BCUT2D eigenvalue weighted by molar-refractivity contribution is 5.83. The van der Waals surface area contributed by atoms with Crippen LogP contribution in [0, 0.1) is 0 Å². The Morgan fingerprint density at radius 1 is 1.00 bits per heavy atom. The molecule has 1 aliphatic rings. The Morgan fingerprint density at radius 2 is 1.68 bits per heavy atom. The Bertz CT molecular complexity index is 278. The molecule has 0 saturated heterocycles. The Balaban J connectivity index is 1.94. The van der Waals surface area contributed by atoms with Gasteiger partial charge in [-0.3, -0.25) is 4.99 Å². The van der Waals surface area contributed by atoms with Gasteiger partial charge in [0.05, 0.1) is 12.4 Å². The lowest BCUT2D eigenvalue weighted by Crippen LogP contribution is -2.36. The molecule has 0 aromatic heterocycles. The van der Waals surface area contributed by atoms with E-state index in [1.807, 2.05) is 0 Å². The van der Waals surface area contributed by atoms with E-state index in [9.17, 15) is 0 Å². The molecule has 0 spiro atoms. The SMILES string of the molecule is CCCCCCCCCCCC1=NCCN1CCNCCN. The number of rotatable bonds is 15. The third kappa shape index (κ3) is 9.42. The summed E-state index contributed by atoms with van der Waals surface area (Å²) in [5.41, 5.74) is 5.49. The van der Waals surface area contributed by atoms with Crippen molar-refractivity contribution < 1.29 is 0 Å². The van der Waals surface area contributed by atoms with Crippen LogP contribution in [0.4, 0.5) is 0 Å². The standard InChI is InChI=1S/C18H38N4/c1-2-3-4-5-6-7-8-9-10-11-18-21-15-17-22(18)16-14-20-13-12-19/h20H,2-17,19H2,1H3. The molecule has 0 aromatic rings. The molecule has 0 saturated carbocycles. The van der Waals surface area contributed by atoms with Gasteiger partial charge >= 0.3 is 0 Å². The number of nitrogens with zero attached hydrogens (tertiary/aromatic N) is 2. The molecular formula is C18H38N4. The van der Waals surface area contributed by atoms with E-state index in [-0.39, 0.29) is 0 Å². The van der Waals surface area contributed by atoms with E-state index in [1.165, 1.54) is 70.0 Å². The summed E-state index contributed by atoms with van der Waals surface area (Å²) in [5.74, 6) is 1.34. The fraction of sp³-hybridized carbons (Fsp3) is 0.944. The number of hydrogen-bond acceptors (Lipinski definition) is 4. The lowest BCUT2D eigenvalue weighted by atomic mass is 10.1. The normalized spacial score (nSPS) is 14.6. The van der Waals surface area contributed by atoms with E-state index in [1.54, 1.807) is 0 Å². The van der Waals surface area contributed by atoms with Crippen molar-refractivity contribution in [1.29, 1.82) is 0 Å². The molecule has 4 nitrogen and oxygen atoms in total. The van der Waals surface area contributed by atoms with Gasteiger partial charge in [0.15, 0.2) is 0 Å². The summed E-state index contributed by atoms with van der Waals surface area (Å²) >= 11 is 0. The van der Waals surface area contributed by atoms with Gasteiger partial charge in [-0.05, 0) is 6.42 Å². The van der Waals surface area contributed by atoms with Crippen LogP contribution in [0.25, 0.3) is 0 Å². The zero-order valence-electron chi connectivity index (χ0n) is 14.8. The Labute approximate surface area is 137 Å². The van der Waals surface area contributed by atoms with Crippen LogP contribution >= 0.6 is 0 Å². The van der Waals surface area contributed by atoms with Crippen molar-refractivity contribution in [2.24, 2.45) is 10.7 Å². The second-order valence-electron chi connectivity index (χ2n) is 6.40. The summed E-state index contributed by atoms with van der Waals surface area (Å²) in [6, 6.07) is 0. The van der Waals surface area contributed by atoms with E-state index in [0.717, 1.165) is 39.3 Å². The quantitative estimate of drug-likeness (QED) is 0.457. The summed E-state index contributed by atoms with van der Waals surface area (Å²) in [5, 5.41) is 3.37. The smallest absolute Gasteiger partial charge is 0.0990 e. The summed E-state index contributed by atoms with van der Waals surface area (Å²) in [6.07, 6.45) is 13.7. The Hall–Kier alpha value is -0.610. The second-order valence-corrected chi connectivity index (χ2v) is 6.40. The highest BCUT2D eigenvalue weighted by Gasteiger charge is 2.15. The van der Waals surface area contributed by atoms with Crippen LogP contribution in [0.3, 0.4) is 0 Å². The minimum Gasteiger partial charge on any atom is -0.357 e. The maximum absolute atomic E-state index is 5.49. The van der Waals surface area contributed by atoms with Crippen LogP contribution in [0.5, 0.6) is 0 Å². The van der Waals surface area contributed by atoms with Gasteiger partial charge in [-0.15, -0.1) is 0 Å². The van der Waals surface area contributed by atoms with Crippen molar-refractivity contribution in [3.05, 3.63) is 0 Å². The van der Waals surface area contributed by atoms with Gasteiger partial charge in [-0.1, -0.05) is 58.3 Å². The molecule has 3 N–H and O–H groups in total. The number of amidine groups is 1. The molecule has 0 atom stereocenters. The Morgan fingerprint density at radius 3 is 2.36 bits per heavy atom. The summed E-state index contributed by atoms with van der Waals surface area (Å²) in [6.45, 7) is 8.12. The lowest BCUT2D eigenvalue weighted by molar-refractivity contribution is 0.435. The fourth-order valence-electron chi connectivity index (χ4n) is 3.04. The number of unbranched alkanes of at least 4 members (excludes halogenated alkanes) is 8. The zero-order chi connectivity index (χ0) is 15.9. The van der Waals surface area contributed by atoms with E-state index < -0.39 is 0 Å². The predicted molar refractivity (Wildman–Crippen MR) is 97.6 cm³/mol. The van der Waals surface area contributed by atoms with Crippen LogP contribution in [0.1, 0.15) is 71.1 Å². The highest BCUT2D eigenvalue weighted by Crippen LogP contribution is 2.13. The number of hydrogen-bond donors (Lipinski definition) is 2. The number of nitrogens with one attached hydrogen (secondary N) is 1. The van der Waals surface area contributed by atoms with Crippen LogP contribution in [-0.2, 0) is 0 Å². The van der Waals surface area contributed by atoms with Gasteiger partial charge in [0, 0.05) is 39.1 Å². The minimum atomic E-state index is 0.722. The van der Waals surface area contributed by atoms with E-state index in [0.29, 0.717) is 0 Å². The number of aliphatic imine (C=N–C) groups is 1. The first-order chi connectivity index (χ1) is 10.9. The van der Waals surface area contributed by atoms with Crippen molar-refractivity contribution >= 4 is 5.84 Å². The molecule has 0 unspecified atom stereocenters. The highest BCUT2D eigenvalue weighted by atomic mass is 15.2. The van der Waals surface area contributed by atoms with Gasteiger partial charge in [0.1, 0.15) is 0 Å². The number of nitrogens with two attached hydrogens (primary N) is 1. The second kappa shape index (κ2) is 14.0. The first kappa shape index (κ1) is 19.4. The van der Waals surface area contributed by atoms with Gasteiger partial charge < -0.3 is 16.0 Å². The maximum Gasteiger partial charge on any atom is 0.0990 e. The molecule has 0 amide bonds. The molecule has 0 aromatic carbocycles. The largest absolute Gasteiger partial charge is 0.357 e. The average molecular weight is 311 g/mol. The monoisotopic (exact) mass is 310 g/mol. The van der Waals surface area contributed by atoms with Crippen molar-refractivity contribution in [1.82, 2.24) is 10.2 Å². The summed E-state index contributed by atoms with van der Waals surface area (Å²) in [4.78, 5) is 7.13. The minimum absolute atomic E-state index is 0.722. The maximum atomic E-state index is 5.49. The molecule has 1 heterocycles. The molecule has 130 valence electrons. The first-order valence-electron chi connectivity index (χ1n) is 9.57. The predicted octanol–water partition coefficient (Wildman–Crippen LogP) is 3.17. The molecule has 0 aliphatic carbocycles. The summed E-state index contributed by atoms with van der Waals surface area (Å²) < 4.78 is 0. The molecule has 0 fully saturated rings. The van der Waals surface area contributed by atoms with Crippen LogP contribution in [0.2, 0.25) is 0 Å². The van der Waals surface area contributed by atoms with E-state index >= 15 is 0 Å². The molecule has 4 heteroatoms. The third-order valence-corrected chi connectivity index (χ3v) is 4.41. The Kier molecular flexibility index (Phi) is 12.4. The van der Waals surface area contributed by atoms with Gasteiger partial charge in [-0.25, -0.2) is 0 Å². The molecule has 1 aliphatic heterocycles. The van der Waals surface area contributed by atoms with Gasteiger partial charge in [-0.2, -0.15) is 0 Å². The van der Waals surface area contributed by atoms with Crippen molar-refractivity contribution in [2.45, 2.75) is 71.1 Å². The topological polar surface area (TPSA) is 53.6 Å². The van der Waals surface area contributed by atoms with Crippen molar-refractivity contribution in [3.63, 3.8) is 0 Å². The van der Waals surface area contributed by atoms with Crippen molar-refractivity contribution in [2.75, 3.05) is 39.3 Å². The molecule has 0 radical (unpaired) electrons. The average Bonchev–Trinajstić information content (AvgIpc) is 2.97. The molecule has 22 heavy (non-hydrogen) atoms. The zero-order valence-corrected chi connectivity index (χ0v) is 14.8. The van der Waals surface area contributed by atoms with Crippen LogP contribution in [0.15, 0.2) is 4.99 Å². The lowest BCUT2D eigenvalue weighted by Gasteiger charge is -2.20. The van der Waals surface area contributed by atoms with Gasteiger partial charge in [0.2, 0.25) is 0 Å². The molecular weight excluding hydrogens is 272 g/mol. The van der Waals surface area contributed by atoms with E-state index in [2.05, 4.69) is 22.1 Å². The van der Waals surface area contributed by atoms with Gasteiger partial charge in [0.25, 0.3) is 0 Å². The fourth-order valence-corrected chi connectivity index (χ4v) is 3.04.